The summed E-state index contributed by atoms with van der Waals surface area (Å²) in [5.74, 6) is 0.572. The second kappa shape index (κ2) is 12.2. The molecule has 4 aromatic rings. The lowest BCUT2D eigenvalue weighted by atomic mass is 10.1. The molecule has 0 saturated carbocycles. The van der Waals surface area contributed by atoms with Gasteiger partial charge in [-0.3, -0.25) is 14.2 Å². The number of nitrogens with one attached hydrogen (secondary N) is 1. The number of carbonyl (C=O) groups excluding carboxylic acids is 2. The van der Waals surface area contributed by atoms with Gasteiger partial charge >= 0.3 is 0 Å². The van der Waals surface area contributed by atoms with Gasteiger partial charge in [0.05, 0.1) is 5.75 Å². The zero-order chi connectivity index (χ0) is 25.3. The molecule has 0 fully saturated rings. The van der Waals surface area contributed by atoms with Crippen LogP contribution in [0.25, 0.3) is 17.5 Å². The van der Waals surface area contributed by atoms with E-state index >= 15 is 0 Å². The largest absolute Gasteiger partial charge is 0.325 e. The number of rotatable bonds is 10. The highest BCUT2D eigenvalue weighted by Gasteiger charge is 2.15. The molecule has 6 nitrogen and oxygen atoms in total. The summed E-state index contributed by atoms with van der Waals surface area (Å²) >= 11 is 7.18. The number of hydrogen-bond donors (Lipinski definition) is 1. The first-order chi connectivity index (χ1) is 17.5. The van der Waals surface area contributed by atoms with Crippen LogP contribution in [0.5, 0.6) is 0 Å². The molecule has 1 amide bonds. The van der Waals surface area contributed by atoms with Gasteiger partial charge in [0.2, 0.25) is 5.91 Å². The number of benzene rings is 3. The second-order valence-electron chi connectivity index (χ2n) is 7.73. The van der Waals surface area contributed by atoms with Gasteiger partial charge in [0, 0.05) is 28.4 Å². The molecular weight excluding hydrogens is 492 g/mol. The third kappa shape index (κ3) is 6.59. The van der Waals surface area contributed by atoms with Gasteiger partial charge in [0.25, 0.3) is 0 Å². The Morgan fingerprint density at radius 3 is 2.39 bits per heavy atom. The van der Waals surface area contributed by atoms with Crippen molar-refractivity contribution in [2.24, 2.45) is 0 Å². The van der Waals surface area contributed by atoms with Crippen molar-refractivity contribution in [1.29, 1.82) is 0 Å². The van der Waals surface area contributed by atoms with Crippen LogP contribution in [0.4, 0.5) is 5.69 Å². The molecule has 0 bridgehead atoms. The second-order valence-corrected chi connectivity index (χ2v) is 9.11. The molecule has 3 aromatic carbocycles. The average Bonchev–Trinajstić information content (AvgIpc) is 3.30. The summed E-state index contributed by atoms with van der Waals surface area (Å²) in [5.41, 5.74) is 2.96. The van der Waals surface area contributed by atoms with Gasteiger partial charge in [-0.25, -0.2) is 0 Å². The summed E-state index contributed by atoms with van der Waals surface area (Å²) < 4.78 is 1.93. The van der Waals surface area contributed by atoms with E-state index in [2.05, 4.69) is 22.1 Å². The maximum absolute atomic E-state index is 12.5. The Kier molecular flexibility index (Phi) is 8.49. The maximum Gasteiger partial charge on any atom is 0.234 e. The number of thioether (sulfide) groups is 1. The van der Waals surface area contributed by atoms with Gasteiger partial charge in [0.15, 0.2) is 16.8 Å². The fourth-order valence-electron chi connectivity index (χ4n) is 3.38. The predicted molar refractivity (Wildman–Crippen MR) is 146 cm³/mol. The smallest absolute Gasteiger partial charge is 0.234 e. The fraction of sp³-hybridized carbons (Fsp3) is 0.0714. The highest BCUT2D eigenvalue weighted by atomic mass is 35.5. The molecule has 8 heteroatoms. The number of nitrogens with zero attached hydrogens (tertiary/aromatic N) is 3. The highest BCUT2D eigenvalue weighted by Crippen LogP contribution is 2.24. The van der Waals surface area contributed by atoms with Crippen molar-refractivity contribution in [3.05, 3.63) is 114 Å². The molecule has 1 heterocycles. The molecule has 180 valence electrons. The first kappa shape index (κ1) is 25.2. The van der Waals surface area contributed by atoms with Crippen molar-refractivity contribution in [2.45, 2.75) is 11.7 Å². The van der Waals surface area contributed by atoms with Crippen LogP contribution in [0.1, 0.15) is 15.9 Å². The molecule has 0 unspecified atom stereocenters. The van der Waals surface area contributed by atoms with Crippen LogP contribution in [0.3, 0.4) is 0 Å². The standard InChI is InChI=1S/C28H23ClN4O2S/c1-2-18-33-27(22-6-4-3-5-7-22)31-32-28(33)36-19-26(35)30-24-15-11-21(12-16-24)25(34)17-10-20-8-13-23(29)14-9-20/h2-17H,1,18-19H2,(H,30,35)/b17-10+. The predicted octanol–water partition coefficient (Wildman–Crippen LogP) is 6.41. The van der Waals surface area contributed by atoms with Crippen LogP contribution in [0, 0.1) is 0 Å². The van der Waals surface area contributed by atoms with Crippen molar-refractivity contribution < 1.29 is 9.59 Å². The van der Waals surface area contributed by atoms with Gasteiger partial charge < -0.3 is 5.32 Å². The third-order valence-electron chi connectivity index (χ3n) is 5.14. The molecule has 1 N–H and O–H groups in total. The molecule has 0 saturated heterocycles. The highest BCUT2D eigenvalue weighted by molar-refractivity contribution is 7.99. The first-order valence-electron chi connectivity index (χ1n) is 11.1. The first-order valence-corrected chi connectivity index (χ1v) is 12.5. The number of ketones is 1. The quantitative estimate of drug-likeness (QED) is 0.114. The summed E-state index contributed by atoms with van der Waals surface area (Å²) in [5, 5.41) is 12.7. The van der Waals surface area contributed by atoms with Gasteiger partial charge in [-0.2, -0.15) is 0 Å². The van der Waals surface area contributed by atoms with E-state index in [1.807, 2.05) is 47.0 Å². The van der Waals surface area contributed by atoms with Crippen molar-refractivity contribution in [2.75, 3.05) is 11.1 Å². The lowest BCUT2D eigenvalue weighted by Crippen LogP contribution is -2.14. The van der Waals surface area contributed by atoms with Crippen LogP contribution in [0.2, 0.25) is 5.02 Å². The third-order valence-corrected chi connectivity index (χ3v) is 6.36. The number of halogens is 1. The van der Waals surface area contributed by atoms with Gasteiger partial charge in [-0.05, 0) is 48.0 Å². The SMILES string of the molecule is C=CCn1c(SCC(=O)Nc2ccc(C(=O)/C=C/c3ccc(Cl)cc3)cc2)nnc1-c1ccccc1. The Bertz CT molecular complexity index is 1380. The van der Waals surface area contributed by atoms with Gasteiger partial charge in [0.1, 0.15) is 0 Å². The van der Waals surface area contributed by atoms with Crippen LogP contribution < -0.4 is 5.32 Å². The maximum atomic E-state index is 12.5. The van der Waals surface area contributed by atoms with E-state index in [0.717, 1.165) is 17.0 Å². The number of aromatic nitrogens is 3. The van der Waals surface area contributed by atoms with E-state index in [9.17, 15) is 9.59 Å². The summed E-state index contributed by atoms with van der Waals surface area (Å²) in [4.78, 5) is 25.0. The van der Waals surface area contributed by atoms with Crippen LogP contribution in [0.15, 0.2) is 103 Å². The lowest BCUT2D eigenvalue weighted by Gasteiger charge is -2.08. The monoisotopic (exact) mass is 514 g/mol. The number of amides is 1. The van der Waals surface area contributed by atoms with Crippen molar-refractivity contribution in [3.8, 4) is 11.4 Å². The van der Waals surface area contributed by atoms with Crippen LogP contribution in [-0.2, 0) is 11.3 Å². The topological polar surface area (TPSA) is 76.9 Å². The molecule has 0 atom stereocenters. The zero-order valence-corrected chi connectivity index (χ0v) is 20.9. The normalized spacial score (nSPS) is 10.9. The molecule has 0 aliphatic rings. The number of carbonyl (C=O) groups is 2. The van der Waals surface area contributed by atoms with Gasteiger partial charge in [-0.1, -0.05) is 78.0 Å². The van der Waals surface area contributed by atoms with Gasteiger partial charge in [-0.15, -0.1) is 16.8 Å². The Balaban J connectivity index is 1.34. The summed E-state index contributed by atoms with van der Waals surface area (Å²) in [7, 11) is 0. The van der Waals surface area contributed by atoms with Crippen molar-refractivity contribution in [3.63, 3.8) is 0 Å². The van der Waals surface area contributed by atoms with E-state index in [-0.39, 0.29) is 17.4 Å². The average molecular weight is 515 g/mol. The Labute approximate surface area is 218 Å². The Morgan fingerprint density at radius 2 is 1.69 bits per heavy atom. The molecule has 1 aromatic heterocycles. The molecule has 0 aliphatic carbocycles. The lowest BCUT2D eigenvalue weighted by molar-refractivity contribution is -0.113. The molecule has 0 spiro atoms. The van der Waals surface area contributed by atoms with E-state index < -0.39 is 0 Å². The van der Waals surface area contributed by atoms with E-state index in [4.69, 9.17) is 11.6 Å². The number of hydrogen-bond acceptors (Lipinski definition) is 5. The molecule has 4 rings (SSSR count). The summed E-state index contributed by atoms with van der Waals surface area (Å²) in [6.07, 6.45) is 5.02. The van der Waals surface area contributed by atoms with Crippen molar-refractivity contribution >= 4 is 46.8 Å². The zero-order valence-electron chi connectivity index (χ0n) is 19.3. The van der Waals surface area contributed by atoms with E-state index in [1.165, 1.54) is 17.8 Å². The molecule has 36 heavy (non-hydrogen) atoms. The van der Waals surface area contributed by atoms with E-state index in [0.29, 0.717) is 28.0 Å². The fourth-order valence-corrected chi connectivity index (χ4v) is 4.25. The Hall–Kier alpha value is -3.94. The Morgan fingerprint density at radius 1 is 0.972 bits per heavy atom. The molecule has 0 radical (unpaired) electrons. The number of allylic oxidation sites excluding steroid dienone is 2. The van der Waals surface area contributed by atoms with Crippen LogP contribution >= 0.6 is 23.4 Å². The van der Waals surface area contributed by atoms with E-state index in [1.54, 1.807) is 48.6 Å². The molecular formula is C28H23ClN4O2S. The minimum absolute atomic E-state index is 0.130. The summed E-state index contributed by atoms with van der Waals surface area (Å²) in [6, 6.07) is 23.8. The minimum Gasteiger partial charge on any atom is -0.325 e. The van der Waals surface area contributed by atoms with Crippen LogP contribution in [-0.4, -0.2) is 32.2 Å². The van der Waals surface area contributed by atoms with Crippen molar-refractivity contribution in [1.82, 2.24) is 14.8 Å². The summed E-state index contributed by atoms with van der Waals surface area (Å²) in [6.45, 7) is 4.34. The minimum atomic E-state index is -0.184. The number of anilines is 1. The molecule has 0 aliphatic heterocycles.